The van der Waals surface area contributed by atoms with Crippen LogP contribution in [0.5, 0.6) is 0 Å². The highest BCUT2D eigenvalue weighted by Crippen LogP contribution is 2.32. The van der Waals surface area contributed by atoms with E-state index in [1.54, 1.807) is 4.90 Å². The molecule has 1 atom stereocenters. The lowest BCUT2D eigenvalue weighted by Gasteiger charge is -2.24. The Labute approximate surface area is 123 Å². The van der Waals surface area contributed by atoms with E-state index in [1.165, 1.54) is 10.5 Å². The van der Waals surface area contributed by atoms with E-state index < -0.39 is 0 Å². The van der Waals surface area contributed by atoms with Crippen molar-refractivity contribution in [2.45, 2.75) is 38.6 Å². The maximum Gasteiger partial charge on any atom is 0.229 e. The normalized spacial score (nSPS) is 21.1. The number of imide groups is 1. The van der Waals surface area contributed by atoms with Crippen molar-refractivity contribution in [3.63, 3.8) is 0 Å². The molecule has 21 heavy (non-hydrogen) atoms. The van der Waals surface area contributed by atoms with E-state index in [9.17, 15) is 14.4 Å². The van der Waals surface area contributed by atoms with Gasteiger partial charge in [-0.15, -0.1) is 0 Å². The summed E-state index contributed by atoms with van der Waals surface area (Å²) in [4.78, 5) is 38.6. The first kappa shape index (κ1) is 13.8. The molecule has 0 spiro atoms. The number of benzene rings is 1. The highest BCUT2D eigenvalue weighted by molar-refractivity contribution is 6.03. The topological polar surface area (TPSA) is 57.7 Å². The Morgan fingerprint density at radius 1 is 1.19 bits per heavy atom. The van der Waals surface area contributed by atoms with Crippen molar-refractivity contribution in [3.05, 3.63) is 29.8 Å². The molecule has 0 saturated carbocycles. The number of para-hydroxylation sites is 1. The molecule has 5 nitrogen and oxygen atoms in total. The molecule has 5 heteroatoms. The van der Waals surface area contributed by atoms with Crippen molar-refractivity contribution >= 4 is 23.4 Å². The van der Waals surface area contributed by atoms with Crippen molar-refractivity contribution in [1.29, 1.82) is 0 Å². The van der Waals surface area contributed by atoms with Crippen LogP contribution >= 0.6 is 0 Å². The molecule has 3 amide bonds. The Balaban J connectivity index is 1.69. The SMILES string of the molecule is CC1Cc2ccccc2N1C(=O)CCN1C(=O)CCC1=O. The lowest BCUT2D eigenvalue weighted by Crippen LogP contribution is -2.39. The summed E-state index contributed by atoms with van der Waals surface area (Å²) in [6.07, 6.45) is 1.59. The number of carbonyl (C=O) groups excluding carboxylic acids is 3. The quantitative estimate of drug-likeness (QED) is 0.791. The van der Waals surface area contributed by atoms with Crippen LogP contribution in [0.4, 0.5) is 5.69 Å². The first-order valence-electron chi connectivity index (χ1n) is 7.31. The van der Waals surface area contributed by atoms with Crippen molar-refractivity contribution in [2.24, 2.45) is 0 Å². The summed E-state index contributed by atoms with van der Waals surface area (Å²) in [7, 11) is 0. The fourth-order valence-electron chi connectivity index (χ4n) is 3.15. The number of likely N-dealkylation sites (tertiary alicyclic amines) is 1. The van der Waals surface area contributed by atoms with Crippen LogP contribution in [0.3, 0.4) is 0 Å². The van der Waals surface area contributed by atoms with Gasteiger partial charge < -0.3 is 4.90 Å². The van der Waals surface area contributed by atoms with Crippen LogP contribution in [-0.4, -0.2) is 35.2 Å². The van der Waals surface area contributed by atoms with Crippen molar-refractivity contribution in [2.75, 3.05) is 11.4 Å². The first-order valence-corrected chi connectivity index (χ1v) is 7.31. The lowest BCUT2D eigenvalue weighted by molar-refractivity contribution is -0.138. The summed E-state index contributed by atoms with van der Waals surface area (Å²) in [5, 5.41) is 0. The third kappa shape index (κ3) is 2.44. The minimum absolute atomic E-state index is 0.0278. The summed E-state index contributed by atoms with van der Waals surface area (Å²) in [5.41, 5.74) is 2.13. The van der Waals surface area contributed by atoms with Gasteiger partial charge in [0, 0.05) is 37.5 Å². The molecule has 1 aromatic carbocycles. The first-order chi connectivity index (χ1) is 10.1. The highest BCUT2D eigenvalue weighted by atomic mass is 16.2. The summed E-state index contributed by atoms with van der Waals surface area (Å²) in [6, 6.07) is 8.00. The Morgan fingerprint density at radius 2 is 1.86 bits per heavy atom. The van der Waals surface area contributed by atoms with Gasteiger partial charge in [0.15, 0.2) is 0 Å². The van der Waals surface area contributed by atoms with E-state index in [1.807, 2.05) is 31.2 Å². The zero-order chi connectivity index (χ0) is 15.0. The fraction of sp³-hybridized carbons (Fsp3) is 0.438. The molecule has 110 valence electrons. The highest BCUT2D eigenvalue weighted by Gasteiger charge is 2.33. The Morgan fingerprint density at radius 3 is 2.57 bits per heavy atom. The Kier molecular flexibility index (Phi) is 3.49. The maximum atomic E-state index is 12.5. The van der Waals surface area contributed by atoms with Crippen LogP contribution in [0, 0.1) is 0 Å². The molecule has 2 heterocycles. The zero-order valence-electron chi connectivity index (χ0n) is 12.0. The van der Waals surface area contributed by atoms with Crippen LogP contribution in [0.2, 0.25) is 0 Å². The molecule has 0 bridgehead atoms. The predicted molar refractivity (Wildman–Crippen MR) is 77.7 cm³/mol. The molecular formula is C16H18N2O3. The number of anilines is 1. The average Bonchev–Trinajstić information content (AvgIpc) is 2.96. The molecule has 1 unspecified atom stereocenters. The standard InChI is InChI=1S/C16H18N2O3/c1-11-10-12-4-2-3-5-13(12)18(11)16(21)8-9-17-14(19)6-7-15(17)20/h2-5,11H,6-10H2,1H3. The second kappa shape index (κ2) is 5.31. The summed E-state index contributed by atoms with van der Waals surface area (Å²) in [5.74, 6) is -0.356. The van der Waals surface area contributed by atoms with Crippen molar-refractivity contribution in [1.82, 2.24) is 4.90 Å². The summed E-state index contributed by atoms with van der Waals surface area (Å²) in [6.45, 7) is 2.21. The number of rotatable bonds is 3. The minimum Gasteiger partial charge on any atom is -0.309 e. The van der Waals surface area contributed by atoms with Crippen LogP contribution < -0.4 is 4.90 Å². The second-order valence-corrected chi connectivity index (χ2v) is 5.63. The van der Waals surface area contributed by atoms with Gasteiger partial charge in [-0.25, -0.2) is 0 Å². The van der Waals surface area contributed by atoms with Gasteiger partial charge in [-0.3, -0.25) is 19.3 Å². The average molecular weight is 286 g/mol. The van der Waals surface area contributed by atoms with Gasteiger partial charge in [0.1, 0.15) is 0 Å². The molecule has 0 N–H and O–H groups in total. The van der Waals surface area contributed by atoms with Gasteiger partial charge in [-0.1, -0.05) is 18.2 Å². The molecule has 2 aliphatic rings. The number of nitrogens with zero attached hydrogens (tertiary/aromatic N) is 2. The van der Waals surface area contributed by atoms with E-state index in [2.05, 4.69) is 0 Å². The van der Waals surface area contributed by atoms with E-state index in [0.29, 0.717) is 0 Å². The molecule has 0 aliphatic carbocycles. The van der Waals surface area contributed by atoms with Gasteiger partial charge >= 0.3 is 0 Å². The van der Waals surface area contributed by atoms with Crippen molar-refractivity contribution < 1.29 is 14.4 Å². The van der Waals surface area contributed by atoms with Crippen molar-refractivity contribution in [3.8, 4) is 0 Å². The van der Waals surface area contributed by atoms with Gasteiger partial charge in [0.25, 0.3) is 0 Å². The number of hydrogen-bond acceptors (Lipinski definition) is 3. The van der Waals surface area contributed by atoms with Gasteiger partial charge in [-0.2, -0.15) is 0 Å². The van der Waals surface area contributed by atoms with E-state index in [4.69, 9.17) is 0 Å². The van der Waals surface area contributed by atoms with E-state index in [0.717, 1.165) is 12.1 Å². The second-order valence-electron chi connectivity index (χ2n) is 5.63. The maximum absolute atomic E-state index is 12.5. The summed E-state index contributed by atoms with van der Waals surface area (Å²) >= 11 is 0. The number of fused-ring (bicyclic) bond motifs is 1. The zero-order valence-corrected chi connectivity index (χ0v) is 12.0. The monoisotopic (exact) mass is 286 g/mol. The van der Waals surface area contributed by atoms with Gasteiger partial charge in [-0.05, 0) is 25.0 Å². The van der Waals surface area contributed by atoms with E-state index in [-0.39, 0.29) is 49.6 Å². The van der Waals surface area contributed by atoms with Gasteiger partial charge in [0.2, 0.25) is 17.7 Å². The fourth-order valence-corrected chi connectivity index (χ4v) is 3.15. The molecule has 3 rings (SSSR count). The number of carbonyl (C=O) groups is 3. The molecule has 1 saturated heterocycles. The van der Waals surface area contributed by atoms with Crippen LogP contribution in [0.15, 0.2) is 24.3 Å². The van der Waals surface area contributed by atoms with Gasteiger partial charge in [0.05, 0.1) is 0 Å². The lowest BCUT2D eigenvalue weighted by atomic mass is 10.1. The number of hydrogen-bond donors (Lipinski definition) is 0. The summed E-state index contributed by atoms with van der Waals surface area (Å²) < 4.78 is 0. The molecule has 1 fully saturated rings. The third-order valence-electron chi connectivity index (χ3n) is 4.18. The predicted octanol–water partition coefficient (Wildman–Crippen LogP) is 1.50. The molecule has 0 aromatic heterocycles. The molecule has 2 aliphatic heterocycles. The Hall–Kier alpha value is -2.17. The van der Waals surface area contributed by atoms with Crippen LogP contribution in [-0.2, 0) is 20.8 Å². The van der Waals surface area contributed by atoms with E-state index >= 15 is 0 Å². The van der Waals surface area contributed by atoms with Crippen LogP contribution in [0.1, 0.15) is 31.7 Å². The smallest absolute Gasteiger partial charge is 0.229 e. The molecular weight excluding hydrogens is 268 g/mol. The molecule has 0 radical (unpaired) electrons. The number of amides is 3. The third-order valence-corrected chi connectivity index (χ3v) is 4.18. The molecule has 1 aromatic rings. The largest absolute Gasteiger partial charge is 0.309 e. The van der Waals surface area contributed by atoms with Crippen LogP contribution in [0.25, 0.3) is 0 Å². The minimum atomic E-state index is -0.164. The Bertz CT molecular complexity index is 595.